The first-order valence-electron chi connectivity index (χ1n) is 26.4. The summed E-state index contributed by atoms with van der Waals surface area (Å²) in [5, 5.41) is 0. The van der Waals surface area contributed by atoms with Crippen LogP contribution in [0.5, 0.6) is 0 Å². The van der Waals surface area contributed by atoms with Crippen molar-refractivity contribution >= 4 is 17.1 Å². The van der Waals surface area contributed by atoms with Gasteiger partial charge in [0.25, 0.3) is 0 Å². The number of benzene rings is 8. The SMILES string of the molecule is CC(C)(C)c1cccc(-c2cccc(N(c3cccc(-c4cc(-c5cc(-c6cc(C(C)(C)C)cc(C(C)(C)C)c6)cc(C(C)(C)C)c5)cc(C(C)(C)C)c4)c3)c3ccc4c(c3)C(C)(C)c3ccccc3-4)c2)c1. The van der Waals surface area contributed by atoms with Crippen LogP contribution in [0.2, 0.25) is 0 Å². The van der Waals surface area contributed by atoms with Crippen LogP contribution in [0.4, 0.5) is 17.1 Å². The Morgan fingerprint density at radius 2 is 0.611 bits per heavy atom. The van der Waals surface area contributed by atoms with Crippen LogP contribution in [0, 0.1) is 0 Å². The summed E-state index contributed by atoms with van der Waals surface area (Å²) in [7, 11) is 0. The van der Waals surface area contributed by atoms with Gasteiger partial charge in [-0.3, -0.25) is 0 Å². The van der Waals surface area contributed by atoms with Crippen LogP contribution in [0.15, 0.2) is 170 Å². The minimum atomic E-state index is -0.136. The van der Waals surface area contributed by atoms with Gasteiger partial charge in [0.1, 0.15) is 0 Å². The molecule has 8 aromatic carbocycles. The summed E-state index contributed by atoms with van der Waals surface area (Å²) in [5.41, 5.74) is 25.2. The van der Waals surface area contributed by atoms with Crippen LogP contribution in [0.3, 0.4) is 0 Å². The molecule has 0 radical (unpaired) electrons. The van der Waals surface area contributed by atoms with Crippen molar-refractivity contribution in [3.63, 3.8) is 0 Å². The zero-order chi connectivity index (χ0) is 51.9. The standard InChI is InChI=1S/C71H79N/c1-66(2,3)54-26-20-23-46(35-54)47-24-21-27-59(42-47)72(61-31-32-63-62-29-18-19-30-64(62)71(16,17)65(63)45-61)60-28-22-25-48(43-60)49-33-50(37-55(36-49)67(4,5)6)51-34-52(39-56(38-51)68(7,8)9)53-40-57(69(10,11)12)44-58(41-53)70(13,14)15/h18-45H,1-17H3. The maximum Gasteiger partial charge on any atom is 0.0467 e. The summed E-state index contributed by atoms with van der Waals surface area (Å²) >= 11 is 0. The molecule has 1 nitrogen and oxygen atoms in total. The van der Waals surface area contributed by atoms with E-state index in [1.807, 2.05) is 0 Å². The molecule has 0 atom stereocenters. The minimum Gasteiger partial charge on any atom is -0.310 e. The van der Waals surface area contributed by atoms with E-state index in [-0.39, 0.29) is 32.5 Å². The van der Waals surface area contributed by atoms with Crippen LogP contribution in [-0.4, -0.2) is 0 Å². The van der Waals surface area contributed by atoms with Gasteiger partial charge in [0, 0.05) is 22.5 Å². The zero-order valence-corrected chi connectivity index (χ0v) is 46.6. The van der Waals surface area contributed by atoms with E-state index in [1.54, 1.807) is 0 Å². The molecule has 0 saturated carbocycles. The first-order chi connectivity index (χ1) is 33.6. The predicted octanol–water partition coefficient (Wildman–Crippen LogP) is 20.6. The van der Waals surface area contributed by atoms with E-state index in [1.165, 1.54) is 94.6 Å². The third-order valence-corrected chi connectivity index (χ3v) is 15.4. The lowest BCUT2D eigenvalue weighted by molar-refractivity contribution is 0.569. The molecule has 0 amide bonds. The van der Waals surface area contributed by atoms with Crippen LogP contribution in [-0.2, 0) is 32.5 Å². The van der Waals surface area contributed by atoms with Gasteiger partial charge >= 0.3 is 0 Å². The van der Waals surface area contributed by atoms with Gasteiger partial charge in [0.05, 0.1) is 0 Å². The van der Waals surface area contributed by atoms with Crippen LogP contribution in [0.25, 0.3) is 55.6 Å². The molecule has 0 unspecified atom stereocenters. The highest BCUT2D eigenvalue weighted by molar-refractivity contribution is 5.88. The van der Waals surface area contributed by atoms with Crippen molar-refractivity contribution in [2.45, 2.75) is 150 Å². The number of nitrogens with zero attached hydrogens (tertiary/aromatic N) is 1. The largest absolute Gasteiger partial charge is 0.310 e. The van der Waals surface area contributed by atoms with Gasteiger partial charge < -0.3 is 4.90 Å². The molecule has 0 saturated heterocycles. The molecule has 368 valence electrons. The van der Waals surface area contributed by atoms with Crippen molar-refractivity contribution in [2.24, 2.45) is 0 Å². The summed E-state index contributed by atoms with van der Waals surface area (Å²) in [6.07, 6.45) is 0. The van der Waals surface area contributed by atoms with Crippen molar-refractivity contribution in [1.29, 1.82) is 0 Å². The monoisotopic (exact) mass is 946 g/mol. The van der Waals surface area contributed by atoms with Crippen LogP contribution >= 0.6 is 0 Å². The topological polar surface area (TPSA) is 3.24 Å². The van der Waals surface area contributed by atoms with Crippen molar-refractivity contribution < 1.29 is 0 Å². The second kappa shape index (κ2) is 17.9. The Balaban J connectivity index is 1.22. The fourth-order valence-corrected chi connectivity index (χ4v) is 10.5. The van der Waals surface area contributed by atoms with E-state index in [0.717, 1.165) is 17.1 Å². The molecule has 0 bridgehead atoms. The van der Waals surface area contributed by atoms with E-state index in [2.05, 4.69) is 292 Å². The van der Waals surface area contributed by atoms with Gasteiger partial charge in [-0.25, -0.2) is 0 Å². The molecule has 0 spiro atoms. The van der Waals surface area contributed by atoms with Gasteiger partial charge in [-0.1, -0.05) is 239 Å². The molecular formula is C71H79N. The summed E-state index contributed by atoms with van der Waals surface area (Å²) in [5.74, 6) is 0. The normalized spacial score (nSPS) is 13.7. The highest BCUT2D eigenvalue weighted by Crippen LogP contribution is 2.51. The Kier molecular flexibility index (Phi) is 12.6. The van der Waals surface area contributed by atoms with Gasteiger partial charge in [-0.2, -0.15) is 0 Å². The zero-order valence-electron chi connectivity index (χ0n) is 46.6. The van der Waals surface area contributed by atoms with Crippen molar-refractivity contribution in [3.8, 4) is 55.6 Å². The Morgan fingerprint density at radius 1 is 0.264 bits per heavy atom. The first kappa shape index (κ1) is 50.5. The van der Waals surface area contributed by atoms with E-state index in [9.17, 15) is 0 Å². The van der Waals surface area contributed by atoms with E-state index in [0.29, 0.717) is 0 Å². The smallest absolute Gasteiger partial charge is 0.0467 e. The lowest BCUT2D eigenvalue weighted by Gasteiger charge is -2.29. The minimum absolute atomic E-state index is 0.0182. The molecule has 0 N–H and O–H groups in total. The quantitative estimate of drug-likeness (QED) is 0.154. The number of anilines is 3. The molecule has 72 heavy (non-hydrogen) atoms. The molecule has 0 aromatic heterocycles. The predicted molar refractivity (Wildman–Crippen MR) is 314 cm³/mol. The van der Waals surface area contributed by atoms with Crippen molar-refractivity contribution in [1.82, 2.24) is 0 Å². The van der Waals surface area contributed by atoms with Crippen molar-refractivity contribution in [2.75, 3.05) is 4.90 Å². The number of fused-ring (bicyclic) bond motifs is 3. The average molecular weight is 946 g/mol. The Morgan fingerprint density at radius 3 is 1.08 bits per heavy atom. The summed E-state index contributed by atoms with van der Waals surface area (Å²) in [6.45, 7) is 39.7. The molecule has 9 rings (SSSR count). The number of hydrogen-bond acceptors (Lipinski definition) is 1. The first-order valence-corrected chi connectivity index (χ1v) is 26.4. The lowest BCUT2D eigenvalue weighted by Crippen LogP contribution is -2.16. The third kappa shape index (κ3) is 10.0. The molecule has 0 aliphatic heterocycles. The molecule has 0 heterocycles. The molecule has 1 aliphatic rings. The number of hydrogen-bond donors (Lipinski definition) is 0. The fourth-order valence-electron chi connectivity index (χ4n) is 10.5. The molecule has 8 aromatic rings. The molecule has 0 fully saturated rings. The van der Waals surface area contributed by atoms with Crippen LogP contribution < -0.4 is 4.90 Å². The van der Waals surface area contributed by atoms with E-state index in [4.69, 9.17) is 0 Å². The van der Waals surface area contributed by atoms with Crippen LogP contribution in [0.1, 0.15) is 157 Å². The fraction of sp³-hybridized carbons (Fsp3) is 0.324. The van der Waals surface area contributed by atoms with E-state index < -0.39 is 0 Å². The summed E-state index contributed by atoms with van der Waals surface area (Å²) in [4.78, 5) is 2.48. The van der Waals surface area contributed by atoms with Crippen molar-refractivity contribution in [3.05, 3.63) is 209 Å². The van der Waals surface area contributed by atoms with Gasteiger partial charge in [-0.15, -0.1) is 0 Å². The Bertz CT molecular complexity index is 3300. The van der Waals surface area contributed by atoms with E-state index >= 15 is 0 Å². The van der Waals surface area contributed by atoms with Gasteiger partial charge in [0.2, 0.25) is 0 Å². The highest BCUT2D eigenvalue weighted by atomic mass is 15.1. The molecule has 1 heteroatoms. The maximum atomic E-state index is 2.48. The third-order valence-electron chi connectivity index (χ3n) is 15.4. The van der Waals surface area contributed by atoms with Gasteiger partial charge in [-0.05, 0) is 170 Å². The average Bonchev–Trinajstić information content (AvgIpc) is 3.55. The maximum absolute atomic E-state index is 2.48. The second-order valence-electron chi connectivity index (χ2n) is 26.6. The second-order valence-corrected chi connectivity index (χ2v) is 26.6. The molecule has 1 aliphatic carbocycles. The summed E-state index contributed by atoms with van der Waals surface area (Å²) in [6, 6.07) is 65.5. The number of rotatable bonds is 7. The molecular weight excluding hydrogens is 867 g/mol. The highest BCUT2D eigenvalue weighted by Gasteiger charge is 2.36. The Labute approximate surface area is 434 Å². The summed E-state index contributed by atoms with van der Waals surface area (Å²) < 4.78 is 0. The lowest BCUT2D eigenvalue weighted by atomic mass is 9.77. The Hall–Kier alpha value is -6.44. The van der Waals surface area contributed by atoms with Gasteiger partial charge in [0.15, 0.2) is 0 Å².